The van der Waals surface area contributed by atoms with Crippen molar-refractivity contribution >= 4 is 17.3 Å². The Morgan fingerprint density at radius 3 is 3.00 bits per heavy atom. The minimum Gasteiger partial charge on any atom is -0.492 e. The summed E-state index contributed by atoms with van der Waals surface area (Å²) in [6.07, 6.45) is 5.49. The first-order valence-electron chi connectivity index (χ1n) is 5.78. The van der Waals surface area contributed by atoms with E-state index in [1.165, 1.54) is 11.3 Å². The third-order valence-corrected chi connectivity index (χ3v) is 3.41. The zero-order valence-corrected chi connectivity index (χ0v) is 10.9. The molecule has 0 saturated carbocycles. The number of aryl methyl sites for hydroxylation is 1. The van der Waals surface area contributed by atoms with E-state index in [1.807, 2.05) is 12.1 Å². The number of allylic oxidation sites excluding steroid dienone is 1. The van der Waals surface area contributed by atoms with Crippen LogP contribution in [0.3, 0.4) is 0 Å². The van der Waals surface area contributed by atoms with E-state index in [0.29, 0.717) is 17.2 Å². The first-order valence-corrected chi connectivity index (χ1v) is 6.60. The Labute approximate surface area is 106 Å². The van der Waals surface area contributed by atoms with Crippen LogP contribution in [0.25, 0.3) is 0 Å². The van der Waals surface area contributed by atoms with Crippen LogP contribution in [0.5, 0.6) is 5.75 Å². The average Bonchev–Trinajstić information content (AvgIpc) is 2.68. The first kappa shape index (κ1) is 13.8. The van der Waals surface area contributed by atoms with Crippen molar-refractivity contribution in [2.45, 2.75) is 32.6 Å². The van der Waals surface area contributed by atoms with Gasteiger partial charge in [-0.3, -0.25) is 0 Å². The molecule has 1 heterocycles. The quantitative estimate of drug-likeness (QED) is 0.567. The van der Waals surface area contributed by atoms with Crippen LogP contribution in [-0.4, -0.2) is 17.7 Å². The number of rotatable bonds is 8. The van der Waals surface area contributed by atoms with Crippen molar-refractivity contribution in [1.29, 1.82) is 0 Å². The lowest BCUT2D eigenvalue weighted by Crippen LogP contribution is -2.00. The van der Waals surface area contributed by atoms with Crippen LogP contribution in [0.15, 0.2) is 18.7 Å². The van der Waals surface area contributed by atoms with E-state index < -0.39 is 5.97 Å². The van der Waals surface area contributed by atoms with Gasteiger partial charge >= 0.3 is 5.97 Å². The van der Waals surface area contributed by atoms with Gasteiger partial charge in [0.2, 0.25) is 0 Å². The van der Waals surface area contributed by atoms with E-state index in [1.54, 1.807) is 0 Å². The molecule has 4 heteroatoms. The highest BCUT2D eigenvalue weighted by molar-refractivity contribution is 7.14. The predicted octanol–water partition coefficient (Wildman–Crippen LogP) is 3.74. The number of hydrogen-bond donors (Lipinski definition) is 1. The molecule has 1 rings (SSSR count). The molecule has 0 aliphatic heterocycles. The molecule has 0 aliphatic rings. The van der Waals surface area contributed by atoms with Crippen molar-refractivity contribution in [3.8, 4) is 5.75 Å². The third-order valence-electron chi connectivity index (χ3n) is 2.25. The van der Waals surface area contributed by atoms with Crippen molar-refractivity contribution in [2.75, 3.05) is 6.61 Å². The summed E-state index contributed by atoms with van der Waals surface area (Å²) in [7, 11) is 0. The molecule has 0 unspecified atom stereocenters. The minimum atomic E-state index is -0.906. The second-order valence-electron chi connectivity index (χ2n) is 3.74. The Morgan fingerprint density at radius 2 is 2.41 bits per heavy atom. The van der Waals surface area contributed by atoms with Crippen LogP contribution in [0.4, 0.5) is 0 Å². The molecular weight excluding hydrogens is 236 g/mol. The van der Waals surface area contributed by atoms with Gasteiger partial charge < -0.3 is 9.84 Å². The summed E-state index contributed by atoms with van der Waals surface area (Å²) in [6.45, 7) is 6.24. The average molecular weight is 254 g/mol. The molecule has 0 bridgehead atoms. The Kier molecular flexibility index (Phi) is 5.77. The monoisotopic (exact) mass is 254 g/mol. The normalized spacial score (nSPS) is 10.2. The number of carboxylic acid groups (broad SMARTS) is 1. The fraction of sp³-hybridized carbons (Fsp3) is 0.462. The SMILES string of the molecule is C=CCCCOc1cc(CCC)sc1C(=O)O. The molecular formula is C13H18O3S. The van der Waals surface area contributed by atoms with Crippen LogP contribution < -0.4 is 4.74 Å². The van der Waals surface area contributed by atoms with Crippen LogP contribution in [0, 0.1) is 0 Å². The van der Waals surface area contributed by atoms with Gasteiger partial charge in [0.1, 0.15) is 5.75 Å². The molecule has 1 N–H and O–H groups in total. The summed E-state index contributed by atoms with van der Waals surface area (Å²) in [5.74, 6) is -0.397. The summed E-state index contributed by atoms with van der Waals surface area (Å²) in [4.78, 5) is 12.4. The van der Waals surface area contributed by atoms with E-state index in [-0.39, 0.29) is 0 Å². The summed E-state index contributed by atoms with van der Waals surface area (Å²) in [6, 6.07) is 1.85. The fourth-order valence-corrected chi connectivity index (χ4v) is 2.50. The summed E-state index contributed by atoms with van der Waals surface area (Å²) >= 11 is 1.31. The second kappa shape index (κ2) is 7.12. The Hall–Kier alpha value is -1.29. The zero-order valence-electron chi connectivity index (χ0n) is 10.1. The van der Waals surface area contributed by atoms with Crippen LogP contribution in [0.1, 0.15) is 40.7 Å². The molecule has 17 heavy (non-hydrogen) atoms. The second-order valence-corrected chi connectivity index (χ2v) is 4.88. The molecule has 0 amide bonds. The lowest BCUT2D eigenvalue weighted by atomic mass is 10.3. The number of unbranched alkanes of at least 4 members (excludes halogenated alkanes) is 1. The standard InChI is InChI=1S/C13H18O3S/c1-3-5-6-8-16-11-9-10(7-4-2)17-12(11)13(14)15/h3,9H,1,4-8H2,2H3,(H,14,15). The molecule has 0 aliphatic carbocycles. The maximum atomic E-state index is 11.0. The molecule has 0 spiro atoms. The highest BCUT2D eigenvalue weighted by atomic mass is 32.1. The zero-order chi connectivity index (χ0) is 12.7. The van der Waals surface area contributed by atoms with Gasteiger partial charge in [0.05, 0.1) is 6.61 Å². The predicted molar refractivity (Wildman–Crippen MR) is 70.2 cm³/mol. The van der Waals surface area contributed by atoms with E-state index in [2.05, 4.69) is 13.5 Å². The largest absolute Gasteiger partial charge is 0.492 e. The van der Waals surface area contributed by atoms with Gasteiger partial charge in [-0.15, -0.1) is 17.9 Å². The van der Waals surface area contributed by atoms with Gasteiger partial charge in [-0.1, -0.05) is 19.4 Å². The third kappa shape index (κ3) is 4.23. The molecule has 0 aromatic carbocycles. The Morgan fingerprint density at radius 1 is 1.65 bits per heavy atom. The molecule has 1 aromatic heterocycles. The van der Waals surface area contributed by atoms with Crippen molar-refractivity contribution in [1.82, 2.24) is 0 Å². The molecule has 0 atom stereocenters. The maximum Gasteiger partial charge on any atom is 0.349 e. The van der Waals surface area contributed by atoms with Gasteiger partial charge in [-0.2, -0.15) is 0 Å². The van der Waals surface area contributed by atoms with E-state index in [9.17, 15) is 4.79 Å². The summed E-state index contributed by atoms with van der Waals surface area (Å²) < 4.78 is 5.51. The topological polar surface area (TPSA) is 46.5 Å². The van der Waals surface area contributed by atoms with Crippen molar-refractivity contribution < 1.29 is 14.6 Å². The first-order chi connectivity index (χ1) is 8.19. The molecule has 3 nitrogen and oxygen atoms in total. The van der Waals surface area contributed by atoms with Crippen LogP contribution >= 0.6 is 11.3 Å². The molecule has 0 saturated heterocycles. The fourth-order valence-electron chi connectivity index (χ4n) is 1.46. The highest BCUT2D eigenvalue weighted by Crippen LogP contribution is 2.30. The van der Waals surface area contributed by atoms with Gasteiger partial charge in [0, 0.05) is 4.88 Å². The minimum absolute atomic E-state index is 0.312. The van der Waals surface area contributed by atoms with E-state index in [0.717, 1.165) is 30.6 Å². The summed E-state index contributed by atoms with van der Waals surface area (Å²) in [5, 5.41) is 9.06. The van der Waals surface area contributed by atoms with Crippen LogP contribution in [0.2, 0.25) is 0 Å². The van der Waals surface area contributed by atoms with E-state index in [4.69, 9.17) is 9.84 Å². The number of ether oxygens (including phenoxy) is 1. The van der Waals surface area contributed by atoms with Gasteiger partial charge in [0.15, 0.2) is 4.88 Å². The van der Waals surface area contributed by atoms with Gasteiger partial charge in [0.25, 0.3) is 0 Å². The Bertz CT molecular complexity index is 382. The summed E-state index contributed by atoms with van der Waals surface area (Å²) in [5.41, 5.74) is 0. The van der Waals surface area contributed by atoms with Crippen molar-refractivity contribution in [2.24, 2.45) is 0 Å². The lowest BCUT2D eigenvalue weighted by molar-refractivity contribution is 0.0698. The van der Waals surface area contributed by atoms with Gasteiger partial charge in [-0.05, 0) is 25.3 Å². The van der Waals surface area contributed by atoms with Crippen molar-refractivity contribution in [3.05, 3.63) is 28.5 Å². The molecule has 0 fully saturated rings. The van der Waals surface area contributed by atoms with Gasteiger partial charge in [-0.25, -0.2) is 4.79 Å². The van der Waals surface area contributed by atoms with Crippen molar-refractivity contribution in [3.63, 3.8) is 0 Å². The maximum absolute atomic E-state index is 11.0. The lowest BCUT2D eigenvalue weighted by Gasteiger charge is -2.03. The Balaban J connectivity index is 2.67. The number of hydrogen-bond acceptors (Lipinski definition) is 3. The highest BCUT2D eigenvalue weighted by Gasteiger charge is 2.16. The number of thiophene rings is 1. The number of carbonyl (C=O) groups is 1. The number of aromatic carboxylic acids is 1. The molecule has 94 valence electrons. The number of carboxylic acids is 1. The van der Waals surface area contributed by atoms with Crippen LogP contribution in [-0.2, 0) is 6.42 Å². The van der Waals surface area contributed by atoms with E-state index >= 15 is 0 Å². The molecule has 0 radical (unpaired) electrons. The molecule has 1 aromatic rings. The smallest absolute Gasteiger partial charge is 0.349 e.